The Morgan fingerprint density at radius 2 is 2.67 bits per heavy atom. The van der Waals surface area contributed by atoms with Crippen LogP contribution in [0, 0.1) is 0 Å². The highest BCUT2D eigenvalue weighted by Crippen LogP contribution is 2.11. The topological polar surface area (TPSA) is 33.1 Å². The highest BCUT2D eigenvalue weighted by Gasteiger charge is 1.79. The van der Waals surface area contributed by atoms with E-state index in [0.29, 0.717) is 0 Å². The third kappa shape index (κ3) is 0.490. The summed E-state index contributed by atoms with van der Waals surface area (Å²) in [6.45, 7) is 0. The first-order valence-corrected chi connectivity index (χ1v) is 2.35. The molecule has 1 heterocycles. The van der Waals surface area contributed by atoms with Crippen molar-refractivity contribution in [2.24, 2.45) is 0 Å². The van der Waals surface area contributed by atoms with E-state index in [-0.39, 0.29) is 5.06 Å². The summed E-state index contributed by atoms with van der Waals surface area (Å²) in [6.07, 6.45) is 1.41. The Kier molecular flexibility index (Phi) is 0.759. The van der Waals surface area contributed by atoms with E-state index in [1.54, 1.807) is 5.51 Å². The monoisotopic (exact) mass is 101 g/mol. The second-order valence-corrected chi connectivity index (χ2v) is 1.70. The summed E-state index contributed by atoms with van der Waals surface area (Å²) in [4.78, 5) is 3.59. The van der Waals surface area contributed by atoms with Crippen LogP contribution in [0.1, 0.15) is 0 Å². The molecule has 0 aliphatic heterocycles. The number of rotatable bonds is 0. The molecule has 0 fully saturated rings. The van der Waals surface area contributed by atoms with E-state index in [1.165, 1.54) is 17.5 Å². The SMILES string of the molecule is Oc1cncs1. The number of aromatic hydroxyl groups is 1. The van der Waals surface area contributed by atoms with Gasteiger partial charge in [-0.3, -0.25) is 0 Å². The fourth-order valence-electron chi connectivity index (χ4n) is 0.209. The normalized spacial score (nSPS) is 8.67. The zero-order valence-corrected chi connectivity index (χ0v) is 3.77. The number of nitrogens with zero attached hydrogens (tertiary/aromatic N) is 1. The van der Waals surface area contributed by atoms with Gasteiger partial charge in [-0.05, 0) is 0 Å². The Balaban J connectivity index is 3.05. The van der Waals surface area contributed by atoms with Crippen LogP contribution in [0.15, 0.2) is 11.7 Å². The van der Waals surface area contributed by atoms with Gasteiger partial charge in [0, 0.05) is 0 Å². The molecule has 0 aliphatic rings. The van der Waals surface area contributed by atoms with Gasteiger partial charge in [0.05, 0.1) is 11.7 Å². The van der Waals surface area contributed by atoms with Gasteiger partial charge in [-0.2, -0.15) is 0 Å². The highest BCUT2D eigenvalue weighted by atomic mass is 32.1. The van der Waals surface area contributed by atoms with Crippen molar-refractivity contribution >= 4 is 11.3 Å². The molecule has 0 radical (unpaired) electrons. The molecule has 0 saturated heterocycles. The highest BCUT2D eigenvalue weighted by molar-refractivity contribution is 7.11. The van der Waals surface area contributed by atoms with E-state index < -0.39 is 0 Å². The fraction of sp³-hybridized carbons (Fsp3) is 0. The summed E-state index contributed by atoms with van der Waals surface area (Å²) < 4.78 is 0. The zero-order valence-electron chi connectivity index (χ0n) is 2.96. The van der Waals surface area contributed by atoms with Gasteiger partial charge in [-0.15, -0.1) is 0 Å². The summed E-state index contributed by atoms with van der Waals surface area (Å²) in [5.41, 5.74) is 1.58. The third-order valence-electron chi connectivity index (χ3n) is 0.419. The van der Waals surface area contributed by atoms with E-state index >= 15 is 0 Å². The molecule has 0 bridgehead atoms. The van der Waals surface area contributed by atoms with Crippen molar-refractivity contribution in [1.82, 2.24) is 4.98 Å². The average Bonchev–Trinajstić information content (AvgIpc) is 1.86. The lowest BCUT2D eigenvalue weighted by Gasteiger charge is -1.65. The molecule has 3 heteroatoms. The first-order chi connectivity index (χ1) is 2.89. The molecular formula is C3H3NOS. The van der Waals surface area contributed by atoms with Crippen molar-refractivity contribution in [3.8, 4) is 5.06 Å². The van der Waals surface area contributed by atoms with Crippen LogP contribution < -0.4 is 0 Å². The maximum Gasteiger partial charge on any atom is 0.191 e. The average molecular weight is 101 g/mol. The van der Waals surface area contributed by atoms with Gasteiger partial charge in [-0.1, -0.05) is 11.3 Å². The van der Waals surface area contributed by atoms with Gasteiger partial charge < -0.3 is 5.11 Å². The van der Waals surface area contributed by atoms with Crippen molar-refractivity contribution in [2.45, 2.75) is 0 Å². The Labute approximate surface area is 39.1 Å². The maximum absolute atomic E-state index is 8.43. The molecule has 0 unspecified atom stereocenters. The molecule has 1 N–H and O–H groups in total. The summed E-state index contributed by atoms with van der Waals surface area (Å²) >= 11 is 1.22. The second kappa shape index (κ2) is 1.26. The maximum atomic E-state index is 8.43. The minimum Gasteiger partial charge on any atom is -0.498 e. The van der Waals surface area contributed by atoms with Crippen LogP contribution in [0.5, 0.6) is 5.06 Å². The minimum absolute atomic E-state index is 0.273. The van der Waals surface area contributed by atoms with E-state index in [2.05, 4.69) is 4.98 Å². The van der Waals surface area contributed by atoms with Crippen LogP contribution in [0.2, 0.25) is 0 Å². The molecule has 0 saturated carbocycles. The minimum atomic E-state index is 0.273. The molecule has 0 atom stereocenters. The molecular weight excluding hydrogens is 98.1 g/mol. The largest absolute Gasteiger partial charge is 0.498 e. The number of hydrogen-bond donors (Lipinski definition) is 1. The summed E-state index contributed by atoms with van der Waals surface area (Å²) in [5.74, 6) is 0. The fourth-order valence-corrected chi connectivity index (χ4v) is 0.560. The Hall–Kier alpha value is -0.570. The van der Waals surface area contributed by atoms with E-state index in [0.717, 1.165) is 0 Å². The van der Waals surface area contributed by atoms with Crippen LogP contribution in [0.25, 0.3) is 0 Å². The van der Waals surface area contributed by atoms with Crippen LogP contribution in [-0.2, 0) is 0 Å². The lowest BCUT2D eigenvalue weighted by Crippen LogP contribution is -1.43. The Bertz CT molecular complexity index is 114. The van der Waals surface area contributed by atoms with Crippen molar-refractivity contribution in [3.05, 3.63) is 11.7 Å². The van der Waals surface area contributed by atoms with Crippen molar-refractivity contribution in [1.29, 1.82) is 0 Å². The van der Waals surface area contributed by atoms with E-state index in [9.17, 15) is 0 Å². The first kappa shape index (κ1) is 3.61. The van der Waals surface area contributed by atoms with Crippen LogP contribution in [0.4, 0.5) is 0 Å². The predicted molar refractivity (Wildman–Crippen MR) is 23.8 cm³/mol. The number of aromatic nitrogens is 1. The van der Waals surface area contributed by atoms with Gasteiger partial charge >= 0.3 is 0 Å². The summed E-state index contributed by atoms with van der Waals surface area (Å²) in [6, 6.07) is 0. The molecule has 0 amide bonds. The standard InChI is InChI=1S/C3H3NOS/c5-3-1-4-2-6-3/h1-2,5H. The molecule has 32 valence electrons. The molecule has 1 aromatic heterocycles. The smallest absolute Gasteiger partial charge is 0.191 e. The van der Waals surface area contributed by atoms with Crippen LogP contribution >= 0.6 is 11.3 Å². The van der Waals surface area contributed by atoms with Gasteiger partial charge in [0.1, 0.15) is 0 Å². The van der Waals surface area contributed by atoms with Crippen LogP contribution in [0.3, 0.4) is 0 Å². The lowest BCUT2D eigenvalue weighted by molar-refractivity contribution is 0.489. The van der Waals surface area contributed by atoms with E-state index in [1.807, 2.05) is 0 Å². The zero-order chi connectivity index (χ0) is 4.41. The van der Waals surface area contributed by atoms with Crippen LogP contribution in [-0.4, -0.2) is 10.1 Å². The molecule has 1 rings (SSSR count). The molecule has 0 aliphatic carbocycles. The quantitative estimate of drug-likeness (QED) is 0.525. The van der Waals surface area contributed by atoms with E-state index in [4.69, 9.17) is 5.11 Å². The van der Waals surface area contributed by atoms with Gasteiger partial charge in [-0.25, -0.2) is 4.98 Å². The number of hydrogen-bond acceptors (Lipinski definition) is 3. The van der Waals surface area contributed by atoms with Gasteiger partial charge in [0.15, 0.2) is 5.06 Å². The molecule has 0 aromatic carbocycles. The van der Waals surface area contributed by atoms with Crippen molar-refractivity contribution in [2.75, 3.05) is 0 Å². The third-order valence-corrected chi connectivity index (χ3v) is 0.993. The molecule has 2 nitrogen and oxygen atoms in total. The van der Waals surface area contributed by atoms with Crippen molar-refractivity contribution in [3.63, 3.8) is 0 Å². The molecule has 6 heavy (non-hydrogen) atoms. The summed E-state index contributed by atoms with van der Waals surface area (Å²) in [5, 5.41) is 8.70. The Morgan fingerprint density at radius 1 is 1.83 bits per heavy atom. The molecule has 1 aromatic rings. The Morgan fingerprint density at radius 3 is 2.83 bits per heavy atom. The lowest BCUT2D eigenvalue weighted by atomic mass is 10.9. The predicted octanol–water partition coefficient (Wildman–Crippen LogP) is 0.849. The van der Waals surface area contributed by atoms with Gasteiger partial charge in [0.2, 0.25) is 0 Å². The second-order valence-electron chi connectivity index (χ2n) is 0.840. The number of thiazole rings is 1. The first-order valence-electron chi connectivity index (χ1n) is 1.47. The van der Waals surface area contributed by atoms with Gasteiger partial charge in [0.25, 0.3) is 0 Å². The summed E-state index contributed by atoms with van der Waals surface area (Å²) in [7, 11) is 0. The van der Waals surface area contributed by atoms with Crippen molar-refractivity contribution < 1.29 is 5.11 Å². The molecule has 0 spiro atoms.